The average molecular weight is 523 g/mol. The number of para-hydroxylation sites is 1. The number of benzene rings is 2. The van der Waals surface area contributed by atoms with Crippen LogP contribution in [0.25, 0.3) is 22.1 Å². The molecule has 2 aromatic carbocycles. The number of furan rings is 1. The van der Waals surface area contributed by atoms with Gasteiger partial charge in [-0.1, -0.05) is 12.1 Å². The second-order valence-corrected chi connectivity index (χ2v) is 11.6. The lowest BCUT2D eigenvalue weighted by atomic mass is 10.0. The number of nitrogens with one attached hydrogen (secondary N) is 1. The second-order valence-electron chi connectivity index (χ2n) is 9.53. The van der Waals surface area contributed by atoms with Crippen molar-refractivity contribution in [2.45, 2.75) is 45.1 Å². The summed E-state index contributed by atoms with van der Waals surface area (Å²) in [6.07, 6.45) is 3.18. The van der Waals surface area contributed by atoms with Crippen LogP contribution in [0.5, 0.6) is 11.5 Å². The predicted molar refractivity (Wildman–Crippen MR) is 143 cm³/mol. The number of carbonyl (C=O) groups is 1. The van der Waals surface area contributed by atoms with Crippen LogP contribution in [-0.2, 0) is 35.4 Å². The molecule has 1 atom stereocenters. The molecule has 4 rings (SSSR count). The molecule has 9 heteroatoms. The fourth-order valence-electron chi connectivity index (χ4n) is 3.88. The summed E-state index contributed by atoms with van der Waals surface area (Å²) in [5, 5.41) is 10.2. The van der Waals surface area contributed by atoms with E-state index < -0.39 is 17.0 Å². The van der Waals surface area contributed by atoms with Gasteiger partial charge in [0, 0.05) is 22.7 Å². The standard InChI is InChI=1S/C28H30N2O6S/c1-28(2,3)37(33)30-16-22-14-19(8-10-29-22)23-13-18(12-21-9-11-35-26(21)23)17-36-27-20(15-25(31)32)6-5-7-24(27)34-4/h5-14,30H,15-17H2,1-4H3,(H,31,32). The third-order valence-corrected chi connectivity index (χ3v) is 7.20. The molecule has 0 spiro atoms. The molecule has 0 saturated heterocycles. The van der Waals surface area contributed by atoms with Gasteiger partial charge in [-0.2, -0.15) is 0 Å². The molecule has 0 aliphatic heterocycles. The molecule has 0 bridgehead atoms. The first-order valence-corrected chi connectivity index (χ1v) is 12.9. The Bertz CT molecular complexity index is 1440. The highest BCUT2D eigenvalue weighted by Crippen LogP contribution is 2.34. The Morgan fingerprint density at radius 1 is 1.16 bits per heavy atom. The van der Waals surface area contributed by atoms with Crippen molar-refractivity contribution in [3.05, 3.63) is 77.8 Å². The summed E-state index contributed by atoms with van der Waals surface area (Å²) in [4.78, 5) is 15.8. The highest BCUT2D eigenvalue weighted by atomic mass is 32.2. The maximum atomic E-state index is 12.4. The number of fused-ring (bicyclic) bond motifs is 1. The van der Waals surface area contributed by atoms with Crippen molar-refractivity contribution in [3.63, 3.8) is 0 Å². The lowest BCUT2D eigenvalue weighted by Crippen LogP contribution is -2.33. The first-order valence-electron chi connectivity index (χ1n) is 11.8. The Morgan fingerprint density at radius 2 is 1.97 bits per heavy atom. The number of carboxylic acid groups (broad SMARTS) is 1. The van der Waals surface area contributed by atoms with E-state index in [9.17, 15) is 14.1 Å². The molecule has 4 aromatic rings. The van der Waals surface area contributed by atoms with E-state index in [-0.39, 0.29) is 17.8 Å². The Hall–Kier alpha value is -3.69. The van der Waals surface area contributed by atoms with Crippen molar-refractivity contribution in [2.75, 3.05) is 7.11 Å². The normalized spacial score (nSPS) is 12.4. The summed E-state index contributed by atoms with van der Waals surface area (Å²) in [6, 6.07) is 14.9. The van der Waals surface area contributed by atoms with Crippen molar-refractivity contribution >= 4 is 27.9 Å². The van der Waals surface area contributed by atoms with E-state index in [2.05, 4.69) is 9.71 Å². The predicted octanol–water partition coefficient (Wildman–Crippen LogP) is 5.26. The van der Waals surface area contributed by atoms with E-state index in [1.54, 1.807) is 30.7 Å². The van der Waals surface area contributed by atoms with E-state index in [4.69, 9.17) is 13.9 Å². The zero-order valence-electron chi connectivity index (χ0n) is 21.2. The number of carboxylic acids is 1. The molecule has 0 amide bonds. The summed E-state index contributed by atoms with van der Waals surface area (Å²) < 4.78 is 32.4. The van der Waals surface area contributed by atoms with Gasteiger partial charge in [-0.15, -0.1) is 0 Å². The van der Waals surface area contributed by atoms with Gasteiger partial charge in [0.1, 0.15) is 12.2 Å². The van der Waals surface area contributed by atoms with Gasteiger partial charge in [0.25, 0.3) is 0 Å². The first-order chi connectivity index (χ1) is 17.7. The molecule has 2 heterocycles. The molecule has 8 nitrogen and oxygen atoms in total. The van der Waals surface area contributed by atoms with Crippen LogP contribution < -0.4 is 14.2 Å². The number of ether oxygens (including phenoxy) is 2. The molecule has 0 saturated carbocycles. The van der Waals surface area contributed by atoms with E-state index in [1.165, 1.54) is 7.11 Å². The SMILES string of the molecule is COc1cccc(CC(=O)O)c1OCc1cc(-c2ccnc(CNS(=O)C(C)(C)C)c2)c2occc2c1. The number of aliphatic carboxylic acids is 1. The van der Waals surface area contributed by atoms with E-state index in [1.807, 2.05) is 51.1 Å². The lowest BCUT2D eigenvalue weighted by molar-refractivity contribution is -0.136. The number of aromatic nitrogens is 1. The summed E-state index contributed by atoms with van der Waals surface area (Å²) in [5.41, 5.74) is 4.67. The summed E-state index contributed by atoms with van der Waals surface area (Å²) in [5.74, 6) is -0.0674. The van der Waals surface area contributed by atoms with E-state index >= 15 is 0 Å². The van der Waals surface area contributed by atoms with Crippen molar-refractivity contribution in [1.29, 1.82) is 0 Å². The van der Waals surface area contributed by atoms with Gasteiger partial charge in [0.05, 0.1) is 47.8 Å². The maximum absolute atomic E-state index is 12.4. The Morgan fingerprint density at radius 3 is 2.70 bits per heavy atom. The van der Waals surface area contributed by atoms with Crippen LogP contribution in [0.4, 0.5) is 0 Å². The van der Waals surface area contributed by atoms with Crippen LogP contribution in [0.3, 0.4) is 0 Å². The van der Waals surface area contributed by atoms with Gasteiger partial charge >= 0.3 is 5.97 Å². The molecule has 0 radical (unpaired) electrons. The van der Waals surface area contributed by atoms with E-state index in [0.29, 0.717) is 23.6 Å². The fourth-order valence-corrected chi connectivity index (χ4v) is 4.60. The molecule has 2 N–H and O–H groups in total. The molecule has 0 aliphatic rings. The minimum atomic E-state index is -1.21. The van der Waals surface area contributed by atoms with Gasteiger partial charge in [0.15, 0.2) is 11.5 Å². The Kier molecular flexibility index (Phi) is 7.94. The number of rotatable bonds is 10. The summed E-state index contributed by atoms with van der Waals surface area (Å²) >= 11 is 0. The number of hydrogen-bond donors (Lipinski definition) is 2. The number of nitrogens with zero attached hydrogens (tertiary/aromatic N) is 1. The molecule has 0 fully saturated rings. The largest absolute Gasteiger partial charge is 0.493 e. The lowest BCUT2D eigenvalue weighted by Gasteiger charge is -2.18. The molecule has 2 aromatic heterocycles. The van der Waals surface area contributed by atoms with Crippen LogP contribution >= 0.6 is 0 Å². The quantitative estimate of drug-likeness (QED) is 0.292. The van der Waals surface area contributed by atoms with Gasteiger partial charge < -0.3 is 19.0 Å². The van der Waals surface area contributed by atoms with E-state index in [0.717, 1.165) is 33.4 Å². The summed E-state index contributed by atoms with van der Waals surface area (Å²) in [7, 11) is 0.313. The van der Waals surface area contributed by atoms with Crippen LogP contribution in [0.15, 0.2) is 65.4 Å². The Balaban J connectivity index is 1.62. The first kappa shape index (κ1) is 26.4. The molecule has 194 valence electrons. The van der Waals surface area contributed by atoms with Crippen molar-refractivity contribution < 1.29 is 28.0 Å². The Labute approximate surface area is 218 Å². The van der Waals surface area contributed by atoms with Crippen molar-refractivity contribution in [2.24, 2.45) is 0 Å². The van der Waals surface area contributed by atoms with Gasteiger partial charge in [-0.25, -0.2) is 8.93 Å². The minimum absolute atomic E-state index is 0.174. The zero-order valence-corrected chi connectivity index (χ0v) is 22.1. The van der Waals surface area contributed by atoms with Crippen LogP contribution in [0.2, 0.25) is 0 Å². The topological polar surface area (TPSA) is 111 Å². The number of pyridine rings is 1. The molecule has 1 unspecified atom stereocenters. The molecule has 37 heavy (non-hydrogen) atoms. The van der Waals surface area contributed by atoms with Crippen molar-refractivity contribution in [3.8, 4) is 22.6 Å². The number of methoxy groups -OCH3 is 1. The average Bonchev–Trinajstić information content (AvgIpc) is 3.33. The number of hydrogen-bond acceptors (Lipinski definition) is 6. The highest BCUT2D eigenvalue weighted by molar-refractivity contribution is 7.84. The fraction of sp³-hybridized carbons (Fsp3) is 0.286. The van der Waals surface area contributed by atoms with Gasteiger partial charge in [-0.05, 0) is 68.3 Å². The minimum Gasteiger partial charge on any atom is -0.493 e. The van der Waals surface area contributed by atoms with Gasteiger partial charge in [0.2, 0.25) is 0 Å². The van der Waals surface area contributed by atoms with Crippen LogP contribution in [0, 0.1) is 0 Å². The molecular weight excluding hydrogens is 492 g/mol. The van der Waals surface area contributed by atoms with Gasteiger partial charge in [-0.3, -0.25) is 9.78 Å². The highest BCUT2D eigenvalue weighted by Gasteiger charge is 2.19. The third kappa shape index (κ3) is 6.36. The summed E-state index contributed by atoms with van der Waals surface area (Å²) in [6.45, 7) is 6.30. The van der Waals surface area contributed by atoms with Crippen LogP contribution in [0.1, 0.15) is 37.6 Å². The van der Waals surface area contributed by atoms with Crippen molar-refractivity contribution in [1.82, 2.24) is 9.71 Å². The molecule has 0 aliphatic carbocycles. The molecular formula is C28H30N2O6S. The smallest absolute Gasteiger partial charge is 0.307 e. The monoisotopic (exact) mass is 522 g/mol. The maximum Gasteiger partial charge on any atom is 0.307 e. The second kappa shape index (κ2) is 11.1. The zero-order chi connectivity index (χ0) is 26.6. The third-order valence-electron chi connectivity index (χ3n) is 5.68. The van der Waals surface area contributed by atoms with Crippen LogP contribution in [-0.4, -0.2) is 32.1 Å².